The van der Waals surface area contributed by atoms with Gasteiger partial charge in [-0.25, -0.2) is 4.68 Å². The van der Waals surface area contributed by atoms with E-state index in [0.717, 1.165) is 17.7 Å². The molecule has 1 heterocycles. The summed E-state index contributed by atoms with van der Waals surface area (Å²) in [4.78, 5) is 10.8. The SMILES string of the molecule is CC(C)Oc1ccc(-n2nccc2C=O)cc1. The summed E-state index contributed by atoms with van der Waals surface area (Å²) >= 11 is 0. The Bertz CT molecular complexity index is 500. The Kier molecular flexibility index (Phi) is 3.23. The lowest BCUT2D eigenvalue weighted by molar-refractivity contribution is 0.111. The second kappa shape index (κ2) is 4.82. The van der Waals surface area contributed by atoms with Crippen molar-refractivity contribution in [3.05, 3.63) is 42.2 Å². The van der Waals surface area contributed by atoms with Crippen LogP contribution in [0.25, 0.3) is 5.69 Å². The maximum atomic E-state index is 10.8. The maximum absolute atomic E-state index is 10.8. The largest absolute Gasteiger partial charge is 0.491 e. The molecule has 4 nitrogen and oxygen atoms in total. The molecule has 0 bridgehead atoms. The van der Waals surface area contributed by atoms with Gasteiger partial charge < -0.3 is 4.74 Å². The van der Waals surface area contributed by atoms with Crippen molar-refractivity contribution in [2.24, 2.45) is 0 Å². The summed E-state index contributed by atoms with van der Waals surface area (Å²) in [7, 11) is 0. The van der Waals surface area contributed by atoms with Gasteiger partial charge in [0.2, 0.25) is 0 Å². The van der Waals surface area contributed by atoms with Crippen LogP contribution in [0, 0.1) is 0 Å². The highest BCUT2D eigenvalue weighted by atomic mass is 16.5. The summed E-state index contributed by atoms with van der Waals surface area (Å²) in [6, 6.07) is 9.15. The second-order valence-electron chi connectivity index (χ2n) is 3.95. The van der Waals surface area contributed by atoms with E-state index < -0.39 is 0 Å². The Hall–Kier alpha value is -2.10. The van der Waals surface area contributed by atoms with E-state index in [9.17, 15) is 4.79 Å². The summed E-state index contributed by atoms with van der Waals surface area (Å²) in [5, 5.41) is 4.09. The number of rotatable bonds is 4. The molecule has 88 valence electrons. The molecule has 2 aromatic rings. The number of hydrogen-bond acceptors (Lipinski definition) is 3. The van der Waals surface area contributed by atoms with Gasteiger partial charge in [-0.2, -0.15) is 5.10 Å². The van der Waals surface area contributed by atoms with Crippen LogP contribution in [0.1, 0.15) is 24.3 Å². The topological polar surface area (TPSA) is 44.1 Å². The first kappa shape index (κ1) is 11.4. The Morgan fingerprint density at radius 2 is 1.94 bits per heavy atom. The molecule has 2 rings (SSSR count). The first-order valence-electron chi connectivity index (χ1n) is 5.47. The molecule has 0 saturated heterocycles. The van der Waals surface area contributed by atoms with Gasteiger partial charge in [0.1, 0.15) is 11.4 Å². The molecular weight excluding hydrogens is 216 g/mol. The van der Waals surface area contributed by atoms with Gasteiger partial charge in [-0.3, -0.25) is 4.79 Å². The molecule has 0 spiro atoms. The minimum atomic E-state index is 0.149. The molecular formula is C13H14N2O2. The number of ether oxygens (including phenoxy) is 1. The number of nitrogens with zero attached hydrogens (tertiary/aromatic N) is 2. The molecule has 0 aliphatic heterocycles. The molecule has 17 heavy (non-hydrogen) atoms. The van der Waals surface area contributed by atoms with Crippen molar-refractivity contribution in [3.8, 4) is 11.4 Å². The molecule has 0 saturated carbocycles. The lowest BCUT2D eigenvalue weighted by Gasteiger charge is -2.10. The fourth-order valence-corrected chi connectivity index (χ4v) is 1.56. The Labute approximate surface area is 99.8 Å². The molecule has 0 amide bonds. The first-order chi connectivity index (χ1) is 8.20. The van der Waals surface area contributed by atoms with E-state index in [0.29, 0.717) is 5.69 Å². The molecule has 0 aliphatic carbocycles. The normalized spacial score (nSPS) is 10.5. The van der Waals surface area contributed by atoms with Crippen LogP contribution in [0.15, 0.2) is 36.5 Å². The maximum Gasteiger partial charge on any atom is 0.168 e. The Morgan fingerprint density at radius 3 is 2.53 bits per heavy atom. The van der Waals surface area contributed by atoms with Crippen molar-refractivity contribution >= 4 is 6.29 Å². The van der Waals surface area contributed by atoms with Crippen LogP contribution in [-0.4, -0.2) is 22.2 Å². The summed E-state index contributed by atoms with van der Waals surface area (Å²) in [5.74, 6) is 0.809. The van der Waals surface area contributed by atoms with Crippen molar-refractivity contribution in [3.63, 3.8) is 0 Å². The van der Waals surface area contributed by atoms with Crippen LogP contribution < -0.4 is 4.74 Å². The van der Waals surface area contributed by atoms with E-state index in [1.54, 1.807) is 16.9 Å². The minimum absolute atomic E-state index is 0.149. The average molecular weight is 230 g/mol. The first-order valence-corrected chi connectivity index (χ1v) is 5.47. The zero-order chi connectivity index (χ0) is 12.3. The molecule has 1 aromatic carbocycles. The third-order valence-electron chi connectivity index (χ3n) is 2.25. The van der Waals surface area contributed by atoms with Gasteiger partial charge in [-0.15, -0.1) is 0 Å². The molecule has 0 fully saturated rings. The van der Waals surface area contributed by atoms with Crippen molar-refractivity contribution in [2.75, 3.05) is 0 Å². The predicted octanol–water partition coefficient (Wildman–Crippen LogP) is 2.47. The van der Waals surface area contributed by atoms with E-state index in [4.69, 9.17) is 4.74 Å². The van der Waals surface area contributed by atoms with Crippen molar-refractivity contribution in [1.29, 1.82) is 0 Å². The summed E-state index contributed by atoms with van der Waals surface area (Å²) < 4.78 is 7.13. The van der Waals surface area contributed by atoms with Crippen LogP contribution >= 0.6 is 0 Å². The number of hydrogen-bond donors (Lipinski definition) is 0. The van der Waals surface area contributed by atoms with E-state index in [-0.39, 0.29) is 6.10 Å². The predicted molar refractivity (Wildman–Crippen MR) is 64.7 cm³/mol. The molecule has 0 aliphatic rings. The van der Waals surface area contributed by atoms with E-state index in [2.05, 4.69) is 5.10 Å². The molecule has 4 heteroatoms. The zero-order valence-electron chi connectivity index (χ0n) is 9.83. The third-order valence-corrected chi connectivity index (χ3v) is 2.25. The Balaban J connectivity index is 2.26. The van der Waals surface area contributed by atoms with Gasteiger partial charge in [0, 0.05) is 0 Å². The standard InChI is InChI=1S/C13H14N2O2/c1-10(2)17-13-5-3-11(4-6-13)15-12(9-16)7-8-14-15/h3-10H,1-2H3. The smallest absolute Gasteiger partial charge is 0.168 e. The Morgan fingerprint density at radius 1 is 1.24 bits per heavy atom. The zero-order valence-corrected chi connectivity index (χ0v) is 9.83. The average Bonchev–Trinajstić information content (AvgIpc) is 2.77. The van der Waals surface area contributed by atoms with Gasteiger partial charge in [-0.1, -0.05) is 0 Å². The molecule has 1 aromatic heterocycles. The monoisotopic (exact) mass is 230 g/mol. The number of benzene rings is 1. The highest BCUT2D eigenvalue weighted by molar-refractivity contribution is 5.73. The summed E-state index contributed by atoms with van der Waals surface area (Å²) in [6.07, 6.45) is 2.53. The van der Waals surface area contributed by atoms with Crippen molar-refractivity contribution in [2.45, 2.75) is 20.0 Å². The van der Waals surface area contributed by atoms with E-state index >= 15 is 0 Å². The van der Waals surface area contributed by atoms with E-state index in [1.165, 1.54) is 0 Å². The molecule has 0 radical (unpaired) electrons. The number of carbonyl (C=O) groups excluding carboxylic acids is 1. The summed E-state index contributed by atoms with van der Waals surface area (Å²) in [5.41, 5.74) is 1.37. The minimum Gasteiger partial charge on any atom is -0.491 e. The van der Waals surface area contributed by atoms with E-state index in [1.807, 2.05) is 38.1 Å². The lowest BCUT2D eigenvalue weighted by Crippen LogP contribution is -2.06. The van der Waals surface area contributed by atoms with Crippen molar-refractivity contribution < 1.29 is 9.53 Å². The van der Waals surface area contributed by atoms with Crippen LogP contribution in [-0.2, 0) is 0 Å². The van der Waals surface area contributed by atoms with Crippen molar-refractivity contribution in [1.82, 2.24) is 9.78 Å². The molecule has 0 N–H and O–H groups in total. The highest BCUT2D eigenvalue weighted by Crippen LogP contribution is 2.16. The number of aromatic nitrogens is 2. The molecule has 0 atom stereocenters. The third kappa shape index (κ3) is 2.53. The summed E-state index contributed by atoms with van der Waals surface area (Å²) in [6.45, 7) is 3.96. The van der Waals surface area contributed by atoms with Crippen LogP contribution in [0.5, 0.6) is 5.75 Å². The van der Waals surface area contributed by atoms with Gasteiger partial charge in [0.05, 0.1) is 18.0 Å². The number of aldehydes is 1. The van der Waals surface area contributed by atoms with Crippen LogP contribution in [0.3, 0.4) is 0 Å². The van der Waals surface area contributed by atoms with Gasteiger partial charge >= 0.3 is 0 Å². The van der Waals surface area contributed by atoms with Gasteiger partial charge in [-0.05, 0) is 44.2 Å². The van der Waals surface area contributed by atoms with Gasteiger partial charge in [0.25, 0.3) is 0 Å². The van der Waals surface area contributed by atoms with Crippen LogP contribution in [0.2, 0.25) is 0 Å². The lowest BCUT2D eigenvalue weighted by atomic mass is 10.3. The fourth-order valence-electron chi connectivity index (χ4n) is 1.56. The highest BCUT2D eigenvalue weighted by Gasteiger charge is 2.04. The number of carbonyl (C=O) groups is 1. The molecule has 0 unspecified atom stereocenters. The quantitative estimate of drug-likeness (QED) is 0.758. The van der Waals surface area contributed by atoms with Crippen LogP contribution in [0.4, 0.5) is 0 Å². The second-order valence-corrected chi connectivity index (χ2v) is 3.95. The fraction of sp³-hybridized carbons (Fsp3) is 0.231. The van der Waals surface area contributed by atoms with Gasteiger partial charge in [0.15, 0.2) is 6.29 Å².